The van der Waals surface area contributed by atoms with Crippen molar-refractivity contribution in [2.45, 2.75) is 19.5 Å². The Bertz CT molecular complexity index is 632. The molecule has 0 aliphatic carbocycles. The molecule has 1 amide bonds. The number of nitrogens with one attached hydrogen (secondary N) is 2. The van der Waals surface area contributed by atoms with Crippen molar-refractivity contribution in [3.05, 3.63) is 35.4 Å². The first-order valence-electron chi connectivity index (χ1n) is 7.87. The van der Waals surface area contributed by atoms with Crippen molar-refractivity contribution in [2.24, 2.45) is 0 Å². The first-order valence-corrected chi connectivity index (χ1v) is 9.69. The topological polar surface area (TPSA) is 78.5 Å². The number of rotatable bonds is 6. The van der Waals surface area contributed by atoms with E-state index in [2.05, 4.69) is 15.5 Å². The molecule has 1 aromatic carbocycles. The first kappa shape index (κ1) is 17.9. The van der Waals surface area contributed by atoms with Gasteiger partial charge in [0.2, 0.25) is 0 Å². The summed E-state index contributed by atoms with van der Waals surface area (Å²) < 4.78 is 22.9. The second-order valence-corrected chi connectivity index (χ2v) is 8.33. The lowest BCUT2D eigenvalue weighted by atomic mass is 10.1. The maximum atomic E-state index is 12.2. The minimum absolute atomic E-state index is 0.0878. The second-order valence-electron chi connectivity index (χ2n) is 6.03. The fourth-order valence-electron chi connectivity index (χ4n) is 2.43. The van der Waals surface area contributed by atoms with E-state index in [0.29, 0.717) is 31.7 Å². The lowest BCUT2D eigenvalue weighted by Crippen LogP contribution is -2.39. The molecule has 6 nitrogen and oxygen atoms in total. The highest BCUT2D eigenvalue weighted by Crippen LogP contribution is 2.11. The van der Waals surface area contributed by atoms with E-state index in [9.17, 15) is 13.2 Å². The molecule has 1 aromatic rings. The number of benzene rings is 1. The van der Waals surface area contributed by atoms with Crippen LogP contribution in [-0.4, -0.2) is 63.5 Å². The maximum absolute atomic E-state index is 12.2. The van der Waals surface area contributed by atoms with Crippen molar-refractivity contribution in [1.29, 1.82) is 0 Å². The van der Waals surface area contributed by atoms with Crippen molar-refractivity contribution in [3.63, 3.8) is 0 Å². The number of carbonyl (C=O) groups is 1. The summed E-state index contributed by atoms with van der Waals surface area (Å²) in [5.41, 5.74) is 1.66. The quantitative estimate of drug-likeness (QED) is 0.777. The number of likely N-dealkylation sites (N-methyl/N-ethyl adjacent to an activating group) is 1. The van der Waals surface area contributed by atoms with E-state index in [-0.39, 0.29) is 23.5 Å². The molecule has 1 fully saturated rings. The fourth-order valence-corrected chi connectivity index (χ4v) is 3.70. The van der Waals surface area contributed by atoms with Crippen LogP contribution >= 0.6 is 0 Å². The van der Waals surface area contributed by atoms with Crippen molar-refractivity contribution < 1.29 is 13.2 Å². The predicted octanol–water partition coefficient (Wildman–Crippen LogP) is 0.255. The van der Waals surface area contributed by atoms with Crippen LogP contribution in [0.15, 0.2) is 24.3 Å². The molecule has 0 radical (unpaired) electrons. The monoisotopic (exact) mass is 339 g/mol. The number of amides is 1. The Morgan fingerprint density at radius 3 is 2.65 bits per heavy atom. The molecule has 1 heterocycles. The van der Waals surface area contributed by atoms with E-state index in [0.717, 1.165) is 5.56 Å². The zero-order valence-electron chi connectivity index (χ0n) is 13.7. The molecule has 2 N–H and O–H groups in total. The third-order valence-corrected chi connectivity index (χ3v) is 5.70. The molecule has 128 valence electrons. The van der Waals surface area contributed by atoms with Gasteiger partial charge in [0.15, 0.2) is 9.84 Å². The summed E-state index contributed by atoms with van der Waals surface area (Å²) in [5, 5.41) is 5.97. The average molecular weight is 339 g/mol. The van der Waals surface area contributed by atoms with Crippen LogP contribution in [0.1, 0.15) is 22.8 Å². The summed E-state index contributed by atoms with van der Waals surface area (Å²) in [6, 6.07) is 7.73. The summed E-state index contributed by atoms with van der Waals surface area (Å²) in [6.45, 7) is 4.35. The van der Waals surface area contributed by atoms with E-state index in [4.69, 9.17) is 0 Å². The highest BCUT2D eigenvalue weighted by Gasteiger charge is 2.21. The van der Waals surface area contributed by atoms with Gasteiger partial charge in [0.05, 0.1) is 11.5 Å². The zero-order valence-corrected chi connectivity index (χ0v) is 14.5. The van der Waals surface area contributed by atoms with E-state index in [1.807, 2.05) is 32.2 Å². The lowest BCUT2D eigenvalue weighted by Gasteiger charge is -2.26. The summed E-state index contributed by atoms with van der Waals surface area (Å²) in [6.07, 6.45) is 0. The van der Waals surface area contributed by atoms with Gasteiger partial charge in [-0.15, -0.1) is 0 Å². The SMILES string of the molecule is CNC(C)CNC(=O)c1cccc(CN2CCS(=O)(=O)CC2)c1. The molecular formula is C16H25N3O3S. The van der Waals surface area contributed by atoms with Crippen LogP contribution in [0.2, 0.25) is 0 Å². The van der Waals surface area contributed by atoms with E-state index in [1.54, 1.807) is 6.07 Å². The Balaban J connectivity index is 1.93. The van der Waals surface area contributed by atoms with Gasteiger partial charge in [-0.05, 0) is 31.7 Å². The molecular weight excluding hydrogens is 314 g/mol. The van der Waals surface area contributed by atoms with Gasteiger partial charge in [-0.25, -0.2) is 8.42 Å². The largest absolute Gasteiger partial charge is 0.350 e. The first-order chi connectivity index (χ1) is 10.9. The number of hydrogen-bond donors (Lipinski definition) is 2. The Labute approximate surface area is 138 Å². The molecule has 1 atom stereocenters. The molecule has 23 heavy (non-hydrogen) atoms. The smallest absolute Gasteiger partial charge is 0.251 e. The highest BCUT2D eigenvalue weighted by atomic mass is 32.2. The highest BCUT2D eigenvalue weighted by molar-refractivity contribution is 7.91. The van der Waals surface area contributed by atoms with Crippen LogP contribution in [-0.2, 0) is 16.4 Å². The molecule has 0 spiro atoms. The number of sulfone groups is 1. The summed E-state index contributed by atoms with van der Waals surface area (Å²) in [5.74, 6) is 0.347. The summed E-state index contributed by atoms with van der Waals surface area (Å²) in [4.78, 5) is 14.3. The van der Waals surface area contributed by atoms with Gasteiger partial charge in [-0.3, -0.25) is 9.69 Å². The summed E-state index contributed by atoms with van der Waals surface area (Å²) in [7, 11) is -1.00. The van der Waals surface area contributed by atoms with Crippen LogP contribution in [0.25, 0.3) is 0 Å². The standard InChI is InChI=1S/C16H25N3O3S/c1-13(17-2)11-18-16(20)15-5-3-4-14(10-15)12-19-6-8-23(21,22)9-7-19/h3-5,10,13,17H,6-9,11-12H2,1-2H3,(H,18,20). The van der Waals surface area contributed by atoms with Crippen molar-refractivity contribution in [2.75, 3.05) is 38.2 Å². The molecule has 7 heteroatoms. The number of hydrogen-bond acceptors (Lipinski definition) is 5. The molecule has 0 aromatic heterocycles. The van der Waals surface area contributed by atoms with Crippen LogP contribution in [0.3, 0.4) is 0 Å². The Morgan fingerprint density at radius 2 is 2.00 bits per heavy atom. The van der Waals surface area contributed by atoms with Gasteiger partial charge in [0, 0.05) is 37.8 Å². The maximum Gasteiger partial charge on any atom is 0.251 e. The number of carbonyl (C=O) groups excluding carboxylic acids is 1. The molecule has 1 saturated heterocycles. The van der Waals surface area contributed by atoms with Crippen molar-refractivity contribution in [1.82, 2.24) is 15.5 Å². The van der Waals surface area contributed by atoms with E-state index >= 15 is 0 Å². The van der Waals surface area contributed by atoms with Crippen LogP contribution < -0.4 is 10.6 Å². The molecule has 0 bridgehead atoms. The van der Waals surface area contributed by atoms with Crippen LogP contribution in [0.5, 0.6) is 0 Å². The Morgan fingerprint density at radius 1 is 1.30 bits per heavy atom. The van der Waals surface area contributed by atoms with Gasteiger partial charge in [-0.1, -0.05) is 12.1 Å². The molecule has 1 unspecified atom stereocenters. The Kier molecular flexibility index (Phi) is 6.15. The molecule has 2 rings (SSSR count). The zero-order chi connectivity index (χ0) is 16.9. The van der Waals surface area contributed by atoms with Gasteiger partial charge < -0.3 is 10.6 Å². The van der Waals surface area contributed by atoms with Gasteiger partial charge in [-0.2, -0.15) is 0 Å². The molecule has 1 aliphatic rings. The van der Waals surface area contributed by atoms with Crippen molar-refractivity contribution >= 4 is 15.7 Å². The Hall–Kier alpha value is -1.44. The minimum atomic E-state index is -2.86. The van der Waals surface area contributed by atoms with Crippen molar-refractivity contribution in [3.8, 4) is 0 Å². The molecule has 1 aliphatic heterocycles. The average Bonchev–Trinajstić information content (AvgIpc) is 2.54. The van der Waals surface area contributed by atoms with Crippen LogP contribution in [0.4, 0.5) is 0 Å². The van der Waals surface area contributed by atoms with Crippen LogP contribution in [0, 0.1) is 0 Å². The second kappa shape index (κ2) is 7.90. The fraction of sp³-hybridized carbons (Fsp3) is 0.562. The third-order valence-electron chi connectivity index (χ3n) is 4.09. The predicted molar refractivity (Wildman–Crippen MR) is 91.2 cm³/mol. The van der Waals surface area contributed by atoms with Gasteiger partial charge in [0.1, 0.15) is 0 Å². The normalized spacial score (nSPS) is 19.2. The summed E-state index contributed by atoms with van der Waals surface area (Å²) >= 11 is 0. The number of nitrogens with zero attached hydrogens (tertiary/aromatic N) is 1. The molecule has 0 saturated carbocycles. The van der Waals surface area contributed by atoms with Gasteiger partial charge >= 0.3 is 0 Å². The van der Waals surface area contributed by atoms with Gasteiger partial charge in [0.25, 0.3) is 5.91 Å². The minimum Gasteiger partial charge on any atom is -0.350 e. The lowest BCUT2D eigenvalue weighted by molar-refractivity contribution is 0.0950. The van der Waals surface area contributed by atoms with E-state index in [1.165, 1.54) is 0 Å². The third kappa shape index (κ3) is 5.60. The van der Waals surface area contributed by atoms with E-state index < -0.39 is 9.84 Å².